The first kappa shape index (κ1) is 26.1. The average molecular weight is 542 g/mol. The van der Waals surface area contributed by atoms with Gasteiger partial charge in [0, 0.05) is 36.5 Å². The van der Waals surface area contributed by atoms with Crippen molar-refractivity contribution in [2.24, 2.45) is 0 Å². The van der Waals surface area contributed by atoms with E-state index >= 15 is 0 Å². The molecule has 0 amide bonds. The first-order valence-corrected chi connectivity index (χ1v) is 13.2. The third kappa shape index (κ3) is 5.43. The molecule has 1 aliphatic rings. The van der Waals surface area contributed by atoms with Gasteiger partial charge in [0.05, 0.1) is 16.1 Å². The van der Waals surface area contributed by atoms with Crippen molar-refractivity contribution in [3.8, 4) is 5.75 Å². The van der Waals surface area contributed by atoms with Crippen molar-refractivity contribution in [3.05, 3.63) is 57.8 Å². The number of benzene rings is 1. The number of pyridine rings is 1. The molecule has 33 heavy (non-hydrogen) atoms. The monoisotopic (exact) mass is 541 g/mol. The Hall–Kier alpha value is -1.52. The summed E-state index contributed by atoms with van der Waals surface area (Å²) < 4.78 is 45.6. The first-order valence-electron chi connectivity index (χ1n) is 9.27. The molecule has 2 atom stereocenters. The van der Waals surface area contributed by atoms with Crippen LogP contribution in [0.1, 0.15) is 31.3 Å². The number of aliphatic hydroxyl groups is 1. The van der Waals surface area contributed by atoms with Crippen LogP contribution in [0, 0.1) is 0 Å². The Kier molecular flexibility index (Phi) is 7.60. The molecule has 1 fully saturated rings. The van der Waals surface area contributed by atoms with Gasteiger partial charge in [0.15, 0.2) is 0 Å². The highest BCUT2D eigenvalue weighted by atomic mass is 35.5. The Morgan fingerprint density at radius 3 is 2.27 bits per heavy atom. The lowest BCUT2D eigenvalue weighted by atomic mass is 10.2. The summed E-state index contributed by atoms with van der Waals surface area (Å²) in [6.07, 6.45) is -1.59. The number of nitrogens with zero attached hydrogens (tertiary/aromatic N) is 1. The van der Waals surface area contributed by atoms with Crippen LogP contribution in [0.3, 0.4) is 0 Å². The molecule has 3 rings (SSSR count). The van der Waals surface area contributed by atoms with E-state index in [1.165, 1.54) is 24.5 Å². The van der Waals surface area contributed by atoms with E-state index in [4.69, 9.17) is 41.7 Å². The van der Waals surface area contributed by atoms with Crippen LogP contribution in [0.2, 0.25) is 10.0 Å². The fourth-order valence-electron chi connectivity index (χ4n) is 2.85. The minimum absolute atomic E-state index is 0.136. The van der Waals surface area contributed by atoms with Crippen LogP contribution in [0.5, 0.6) is 5.75 Å². The maximum atomic E-state index is 12.9. The molecule has 0 spiro atoms. The van der Waals surface area contributed by atoms with E-state index in [0.717, 1.165) is 12.1 Å². The molecule has 1 aliphatic heterocycles. The van der Waals surface area contributed by atoms with Crippen LogP contribution >= 0.6 is 38.4 Å². The molecule has 1 aromatic carbocycles. The van der Waals surface area contributed by atoms with Gasteiger partial charge in [0.1, 0.15) is 5.75 Å². The van der Waals surface area contributed by atoms with E-state index in [2.05, 4.69) is 4.98 Å². The molecular weight excluding hydrogens is 523 g/mol. The highest BCUT2D eigenvalue weighted by molar-refractivity contribution is 7.73. The third-order valence-corrected chi connectivity index (χ3v) is 9.59. The maximum absolute atomic E-state index is 12.9. The molecule has 2 unspecified atom stereocenters. The van der Waals surface area contributed by atoms with Crippen LogP contribution in [0.4, 0.5) is 4.79 Å². The molecule has 15 heteroatoms. The fourth-order valence-corrected chi connectivity index (χ4v) is 7.04. The Morgan fingerprint density at radius 2 is 1.79 bits per heavy atom. The summed E-state index contributed by atoms with van der Waals surface area (Å²) >= 11 is 12.3. The van der Waals surface area contributed by atoms with Crippen LogP contribution in [0.15, 0.2) is 36.7 Å². The van der Waals surface area contributed by atoms with Crippen molar-refractivity contribution in [1.29, 1.82) is 0 Å². The molecule has 3 N–H and O–H groups in total. The Morgan fingerprint density at radius 1 is 1.21 bits per heavy atom. The quantitative estimate of drug-likeness (QED) is 0.275. The second-order valence-corrected chi connectivity index (χ2v) is 12.4. The Balaban J connectivity index is 1.91. The molecule has 0 saturated carbocycles. The van der Waals surface area contributed by atoms with Gasteiger partial charge >= 0.3 is 21.3 Å². The summed E-state index contributed by atoms with van der Waals surface area (Å²) in [5, 5.41) is 7.02. The minimum atomic E-state index is -5.24. The second kappa shape index (κ2) is 9.62. The van der Waals surface area contributed by atoms with E-state index in [1.807, 2.05) is 0 Å². The highest BCUT2D eigenvalue weighted by Gasteiger charge is 2.67. The summed E-state index contributed by atoms with van der Waals surface area (Å²) in [6, 6.07) is 5.08. The number of hydrogen-bond acceptors (Lipinski definition) is 9. The molecule has 0 bridgehead atoms. The zero-order chi connectivity index (χ0) is 24.6. The predicted octanol–water partition coefficient (Wildman–Crippen LogP) is 4.62. The Labute approximate surface area is 198 Å². The summed E-state index contributed by atoms with van der Waals surface area (Å²) in [6.45, 7) is 3.22. The summed E-state index contributed by atoms with van der Waals surface area (Å²) in [7, 11) is -10.5. The van der Waals surface area contributed by atoms with Gasteiger partial charge in [-0.25, -0.2) is 4.79 Å². The number of halogens is 2. The largest absolute Gasteiger partial charge is 0.514 e. The topological polar surface area (TPSA) is 162 Å². The summed E-state index contributed by atoms with van der Waals surface area (Å²) in [5.41, 5.74) is -0.116. The van der Waals surface area contributed by atoms with Crippen molar-refractivity contribution in [2.75, 3.05) is 0 Å². The van der Waals surface area contributed by atoms with E-state index in [-0.39, 0.29) is 26.9 Å². The number of carbonyl (C=O) groups is 1. The van der Waals surface area contributed by atoms with Gasteiger partial charge in [-0.15, -0.1) is 0 Å². The lowest BCUT2D eigenvalue weighted by Gasteiger charge is -2.41. The van der Waals surface area contributed by atoms with E-state index in [9.17, 15) is 28.8 Å². The molecule has 1 aromatic heterocycles. The van der Waals surface area contributed by atoms with E-state index in [1.54, 1.807) is 13.8 Å². The number of aromatic nitrogens is 1. The van der Waals surface area contributed by atoms with Crippen molar-refractivity contribution >= 4 is 44.5 Å². The van der Waals surface area contributed by atoms with Gasteiger partial charge < -0.3 is 24.4 Å². The molecular formula is C18H19Cl2NO10P2. The molecule has 1 saturated heterocycles. The van der Waals surface area contributed by atoms with Crippen LogP contribution < -0.4 is 4.74 Å². The molecule has 0 radical (unpaired) electrons. The zero-order valence-electron chi connectivity index (χ0n) is 17.1. The smallest absolute Gasteiger partial charge is 0.431 e. The predicted molar refractivity (Wildman–Crippen MR) is 116 cm³/mol. The van der Waals surface area contributed by atoms with Gasteiger partial charge in [-0.2, -0.15) is 0 Å². The highest BCUT2D eigenvalue weighted by Crippen LogP contribution is 2.79. The normalized spacial score (nSPS) is 29.6. The summed E-state index contributed by atoms with van der Waals surface area (Å²) in [5.74, 6) is -0.136. The van der Waals surface area contributed by atoms with Crippen LogP contribution in [0.25, 0.3) is 0 Å². The molecule has 0 aliphatic carbocycles. The van der Waals surface area contributed by atoms with Gasteiger partial charge in [0.25, 0.3) is 5.08 Å². The van der Waals surface area contributed by atoms with Gasteiger partial charge in [-0.1, -0.05) is 29.3 Å². The number of ether oxygens (including phenoxy) is 2. The lowest BCUT2D eigenvalue weighted by molar-refractivity contribution is -0.0577. The van der Waals surface area contributed by atoms with Crippen molar-refractivity contribution in [1.82, 2.24) is 4.98 Å². The number of carbonyl (C=O) groups excluding carboxylic acids is 1. The maximum Gasteiger partial charge on any atom is 0.514 e. The average Bonchev–Trinajstić information content (AvgIpc) is 2.65. The molecule has 11 nitrogen and oxygen atoms in total. The number of rotatable bonds is 5. The lowest BCUT2D eigenvalue weighted by Crippen LogP contribution is -2.38. The van der Waals surface area contributed by atoms with E-state index in [0.29, 0.717) is 0 Å². The third-order valence-electron chi connectivity index (χ3n) is 4.37. The second-order valence-electron chi connectivity index (χ2n) is 7.22. The van der Waals surface area contributed by atoms with Crippen molar-refractivity contribution < 1.29 is 47.3 Å². The molecule has 2 heterocycles. The summed E-state index contributed by atoms with van der Waals surface area (Å²) in [4.78, 5) is 36.3. The van der Waals surface area contributed by atoms with Gasteiger partial charge in [-0.05, 0) is 25.5 Å². The first-order chi connectivity index (χ1) is 15.3. The van der Waals surface area contributed by atoms with Crippen molar-refractivity contribution in [3.63, 3.8) is 0 Å². The van der Waals surface area contributed by atoms with Gasteiger partial charge in [-0.3, -0.25) is 23.2 Å². The van der Waals surface area contributed by atoms with Crippen molar-refractivity contribution in [2.45, 2.75) is 37.7 Å². The van der Waals surface area contributed by atoms with Crippen LogP contribution in [-0.2, 0) is 29.3 Å². The van der Waals surface area contributed by atoms with Gasteiger partial charge in [0.2, 0.25) is 6.29 Å². The molecule has 180 valence electrons. The van der Waals surface area contributed by atoms with Crippen LogP contribution in [-0.4, -0.2) is 37.2 Å². The minimum Gasteiger partial charge on any atom is -0.431 e. The van der Waals surface area contributed by atoms with E-state index < -0.39 is 45.2 Å². The zero-order valence-corrected chi connectivity index (χ0v) is 20.4. The Bertz CT molecular complexity index is 1100. The number of hydrogen-bond donors (Lipinski definition) is 3. The SMILES string of the molecule is CC(C)OC(=O)Oc1cc(Cl)c(C2OP(=O)(O)C(O)(Cc3cccnc3)P(=O)(O)O2)c(Cl)c1. The molecule has 2 aromatic rings. The standard InChI is InChI=1S/C18H19Cl2NO10P2/c1-10(2)28-17(22)29-12-6-13(19)15(14(20)7-12)16-30-32(24,25)18(23,33(26,27)31-16)8-11-4-3-5-21-9-11/h3-7,9-10,16,23H,8H2,1-2H3,(H,24,25)(H,26,27). The fraction of sp³-hybridized carbons (Fsp3) is 0.333.